The predicted molar refractivity (Wildman–Crippen MR) is 124 cm³/mol. The fourth-order valence-corrected chi connectivity index (χ4v) is 4.48. The van der Waals surface area contributed by atoms with Crippen LogP contribution in [0.1, 0.15) is 16.7 Å². The first-order valence-corrected chi connectivity index (χ1v) is 10.8. The summed E-state index contributed by atoms with van der Waals surface area (Å²) in [6, 6.07) is 35.2. The summed E-state index contributed by atoms with van der Waals surface area (Å²) >= 11 is 1.34. The van der Waals surface area contributed by atoms with Gasteiger partial charge in [-0.2, -0.15) is 0 Å². The van der Waals surface area contributed by atoms with Crippen molar-refractivity contribution >= 4 is 11.8 Å². The van der Waals surface area contributed by atoms with E-state index >= 15 is 0 Å². The molecule has 0 aliphatic heterocycles. The van der Waals surface area contributed by atoms with E-state index in [1.54, 1.807) is 0 Å². The summed E-state index contributed by atoms with van der Waals surface area (Å²) in [4.78, 5) is 1.37. The Bertz CT molecular complexity index is 1060. The van der Waals surface area contributed by atoms with Crippen molar-refractivity contribution in [3.63, 3.8) is 0 Å². The van der Waals surface area contributed by atoms with E-state index in [1.807, 2.05) is 0 Å². The third kappa shape index (κ3) is 4.21. The van der Waals surface area contributed by atoms with Gasteiger partial charge in [-0.1, -0.05) is 96.1 Å². The van der Waals surface area contributed by atoms with Gasteiger partial charge in [0.05, 0.1) is 0 Å². The van der Waals surface area contributed by atoms with Crippen molar-refractivity contribution in [2.24, 2.45) is 0 Å². The Hall–Kier alpha value is -2.77. The molecule has 4 rings (SSSR count). The van der Waals surface area contributed by atoms with E-state index in [4.69, 9.17) is 0 Å². The molecule has 0 heterocycles. The quantitative estimate of drug-likeness (QED) is 0.258. The highest BCUT2D eigenvalue weighted by atomic mass is 32.2. The van der Waals surface area contributed by atoms with Crippen LogP contribution in [0.5, 0.6) is 0 Å². The monoisotopic (exact) mass is 381 g/mol. The largest absolute Gasteiger partial charge is 0.152 e. The van der Waals surface area contributed by atoms with Crippen LogP contribution in [0.25, 0.3) is 22.3 Å². The molecule has 0 saturated heterocycles. The Morgan fingerprint density at radius 3 is 1.96 bits per heavy atom. The van der Waals surface area contributed by atoms with Gasteiger partial charge < -0.3 is 0 Å². The first-order chi connectivity index (χ1) is 13.7. The second-order valence-corrected chi connectivity index (χ2v) is 8.37. The number of thiol groups is 1. The van der Waals surface area contributed by atoms with Crippen molar-refractivity contribution in [3.8, 4) is 22.3 Å². The van der Waals surface area contributed by atoms with Gasteiger partial charge in [-0.3, -0.25) is 0 Å². The number of hydrogen-bond acceptors (Lipinski definition) is 0. The summed E-state index contributed by atoms with van der Waals surface area (Å²) in [6.07, 6.45) is 0. The number of aryl methyl sites for hydroxylation is 2. The maximum atomic E-state index is 2.34. The Labute approximate surface area is 172 Å². The molecule has 0 atom stereocenters. The summed E-state index contributed by atoms with van der Waals surface area (Å²) < 4.78 is 0. The van der Waals surface area contributed by atoms with E-state index in [2.05, 4.69) is 111 Å². The Morgan fingerprint density at radius 2 is 1.21 bits per heavy atom. The maximum absolute atomic E-state index is 2.34. The minimum absolute atomic E-state index is 1.02. The lowest BCUT2D eigenvalue weighted by molar-refractivity contribution is 1.33. The zero-order valence-corrected chi connectivity index (χ0v) is 17.3. The maximum Gasteiger partial charge on any atom is 0.152 e. The molecule has 0 radical (unpaired) electrons. The fourth-order valence-electron chi connectivity index (χ4n) is 3.49. The number of benzene rings is 4. The smallest absolute Gasteiger partial charge is 0.0622 e. The average molecular weight is 382 g/mol. The van der Waals surface area contributed by atoms with Gasteiger partial charge >= 0.3 is 0 Å². The summed E-state index contributed by atoms with van der Waals surface area (Å²) in [6.45, 7) is 4.31. The van der Waals surface area contributed by atoms with Crippen LogP contribution in [0.4, 0.5) is 0 Å². The second-order valence-electron chi connectivity index (χ2n) is 7.22. The summed E-state index contributed by atoms with van der Waals surface area (Å²) in [5.41, 5.74) is 9.23. The molecule has 0 amide bonds. The molecule has 0 N–H and O–H groups in total. The summed E-state index contributed by atoms with van der Waals surface area (Å²) in [7, 11) is 0. The van der Waals surface area contributed by atoms with Crippen LogP contribution in [0.15, 0.2) is 102 Å². The molecule has 4 aromatic rings. The normalized spacial score (nSPS) is 10.8. The summed E-state index contributed by atoms with van der Waals surface area (Å²) in [5.74, 6) is 1.02. The van der Waals surface area contributed by atoms with Crippen molar-refractivity contribution in [1.82, 2.24) is 0 Å². The highest BCUT2D eigenvalue weighted by Crippen LogP contribution is 2.35. The van der Waals surface area contributed by atoms with Crippen LogP contribution in [-0.4, -0.2) is 0 Å². The van der Waals surface area contributed by atoms with Crippen molar-refractivity contribution in [3.05, 3.63) is 114 Å². The molecule has 0 bridgehead atoms. The van der Waals surface area contributed by atoms with E-state index in [0.29, 0.717) is 0 Å². The molecule has 0 aliphatic rings. The van der Waals surface area contributed by atoms with Gasteiger partial charge in [0.25, 0.3) is 0 Å². The average Bonchev–Trinajstić information content (AvgIpc) is 2.74. The molecule has 4 aromatic carbocycles. The van der Waals surface area contributed by atoms with Crippen LogP contribution >= 0.6 is 0 Å². The number of rotatable bonds is 5. The Morgan fingerprint density at radius 1 is 0.571 bits per heavy atom. The molecule has 0 nitrogen and oxygen atoms in total. The number of hydrogen-bond donors (Lipinski definition) is 0. The van der Waals surface area contributed by atoms with E-state index < -0.39 is 0 Å². The van der Waals surface area contributed by atoms with E-state index in [0.717, 1.165) is 5.75 Å². The standard InChI is InChI=1S/C27H24S/c1-20-13-16-24(17-14-20)28-19-23-15-12-21(2)18-27(23)26-11-7-6-10-25(26)22-8-4-3-5-9-22/h3-18H,19H2,1-2H3/p+1. The lowest BCUT2D eigenvalue weighted by atomic mass is 9.91. The van der Waals surface area contributed by atoms with E-state index in [-0.39, 0.29) is 0 Å². The fraction of sp³-hybridized carbons (Fsp3) is 0.111. The molecule has 0 fully saturated rings. The van der Waals surface area contributed by atoms with Crippen molar-refractivity contribution in [1.29, 1.82) is 0 Å². The predicted octanol–water partition coefficient (Wildman–Crippen LogP) is 7.01. The minimum atomic E-state index is 1.02. The van der Waals surface area contributed by atoms with Crippen LogP contribution in [0, 0.1) is 13.8 Å². The molecule has 0 saturated carbocycles. The molecule has 0 aromatic heterocycles. The van der Waals surface area contributed by atoms with Crippen molar-refractivity contribution in [2.75, 3.05) is 0 Å². The third-order valence-electron chi connectivity index (χ3n) is 5.03. The van der Waals surface area contributed by atoms with Crippen molar-refractivity contribution in [2.45, 2.75) is 24.5 Å². The second kappa shape index (κ2) is 8.50. The van der Waals surface area contributed by atoms with Crippen LogP contribution in [-0.2, 0) is 17.5 Å². The third-order valence-corrected chi connectivity index (χ3v) is 6.20. The highest BCUT2D eigenvalue weighted by molar-refractivity contribution is 7.77. The first-order valence-electron chi connectivity index (χ1n) is 9.69. The van der Waals surface area contributed by atoms with E-state index in [9.17, 15) is 0 Å². The molecular weight excluding hydrogens is 356 g/mol. The van der Waals surface area contributed by atoms with E-state index in [1.165, 1.54) is 55.6 Å². The molecule has 28 heavy (non-hydrogen) atoms. The molecule has 0 aliphatic carbocycles. The minimum Gasteiger partial charge on any atom is -0.0622 e. The van der Waals surface area contributed by atoms with Gasteiger partial charge in [0, 0.05) is 17.3 Å². The molecule has 0 spiro atoms. The van der Waals surface area contributed by atoms with Gasteiger partial charge in [0.2, 0.25) is 0 Å². The van der Waals surface area contributed by atoms with Crippen molar-refractivity contribution < 1.29 is 0 Å². The van der Waals surface area contributed by atoms with Gasteiger partial charge in [0.1, 0.15) is 5.75 Å². The van der Waals surface area contributed by atoms with Gasteiger partial charge in [-0.05, 0) is 48.2 Å². The zero-order valence-electron chi connectivity index (χ0n) is 16.4. The molecule has 1 heteroatoms. The molecular formula is C27H25S+. The Kier molecular flexibility index (Phi) is 5.64. The Balaban J connectivity index is 1.72. The topological polar surface area (TPSA) is 0 Å². The molecule has 0 unspecified atom stereocenters. The van der Waals surface area contributed by atoms with Crippen LogP contribution < -0.4 is 0 Å². The highest BCUT2D eigenvalue weighted by Gasteiger charge is 2.14. The van der Waals surface area contributed by atoms with Crippen LogP contribution in [0.3, 0.4) is 0 Å². The summed E-state index contributed by atoms with van der Waals surface area (Å²) in [5, 5.41) is 0. The lowest BCUT2D eigenvalue weighted by Gasteiger charge is -2.14. The van der Waals surface area contributed by atoms with Gasteiger partial charge in [-0.15, -0.1) is 0 Å². The molecule has 138 valence electrons. The van der Waals surface area contributed by atoms with Crippen LogP contribution in [0.2, 0.25) is 0 Å². The first kappa shape index (κ1) is 18.6. The van der Waals surface area contributed by atoms with Gasteiger partial charge in [0.15, 0.2) is 4.90 Å². The SMILES string of the molecule is Cc1ccc([SH+]Cc2ccc(C)cc2-c2ccccc2-c2ccccc2)cc1. The lowest BCUT2D eigenvalue weighted by Crippen LogP contribution is -1.96. The zero-order chi connectivity index (χ0) is 19.3. The van der Waals surface area contributed by atoms with Gasteiger partial charge in [-0.25, -0.2) is 0 Å².